The molecule has 4 aromatic carbocycles. The molecule has 2 amide bonds. The molecular weight excluding hydrogens is 678 g/mol. The van der Waals surface area contributed by atoms with Crippen LogP contribution in [0.5, 0.6) is 5.75 Å². The van der Waals surface area contributed by atoms with Crippen molar-refractivity contribution in [1.82, 2.24) is 10.2 Å². The van der Waals surface area contributed by atoms with Crippen LogP contribution in [0.15, 0.2) is 112 Å². The van der Waals surface area contributed by atoms with Gasteiger partial charge >= 0.3 is 0 Å². The summed E-state index contributed by atoms with van der Waals surface area (Å²) < 4.78 is 35.9. The summed E-state index contributed by atoms with van der Waals surface area (Å²) in [5.74, 6) is -0.231. The van der Waals surface area contributed by atoms with E-state index in [0.717, 1.165) is 25.5 Å². The van der Waals surface area contributed by atoms with E-state index in [2.05, 4.69) is 21.2 Å². The Labute approximate surface area is 286 Å². The third kappa shape index (κ3) is 9.45. The van der Waals surface area contributed by atoms with Crippen LogP contribution in [0.3, 0.4) is 0 Å². The minimum atomic E-state index is -4.21. The van der Waals surface area contributed by atoms with Gasteiger partial charge in [-0.25, -0.2) is 8.42 Å². The molecule has 0 saturated heterocycles. The molecule has 1 N–H and O–H groups in total. The van der Waals surface area contributed by atoms with Crippen LogP contribution in [0.2, 0.25) is 0 Å². The molecule has 248 valence electrons. The van der Waals surface area contributed by atoms with Crippen molar-refractivity contribution in [1.29, 1.82) is 0 Å². The highest BCUT2D eigenvalue weighted by Crippen LogP contribution is 2.28. The van der Waals surface area contributed by atoms with Crippen LogP contribution in [0.25, 0.3) is 0 Å². The summed E-state index contributed by atoms with van der Waals surface area (Å²) in [6.45, 7) is 7.76. The van der Waals surface area contributed by atoms with Gasteiger partial charge in [-0.1, -0.05) is 77.5 Å². The predicted octanol–water partition coefficient (Wildman–Crippen LogP) is 6.91. The van der Waals surface area contributed by atoms with Gasteiger partial charge in [0.1, 0.15) is 18.3 Å². The van der Waals surface area contributed by atoms with Gasteiger partial charge in [0.05, 0.1) is 17.2 Å². The zero-order valence-electron chi connectivity index (χ0n) is 27.2. The molecule has 4 rings (SSSR count). The van der Waals surface area contributed by atoms with Crippen LogP contribution < -0.4 is 14.4 Å². The van der Waals surface area contributed by atoms with E-state index in [-0.39, 0.29) is 29.8 Å². The monoisotopic (exact) mass is 719 g/mol. The van der Waals surface area contributed by atoms with Crippen LogP contribution in [0.4, 0.5) is 5.69 Å². The molecule has 0 aliphatic rings. The average Bonchev–Trinajstić information content (AvgIpc) is 3.07. The normalized spacial score (nSPS) is 12.5. The second kappa shape index (κ2) is 16.6. The lowest BCUT2D eigenvalue weighted by Crippen LogP contribution is -2.54. The Hall–Kier alpha value is -4.15. The lowest BCUT2D eigenvalue weighted by atomic mass is 10.0. The second-order valence-electron chi connectivity index (χ2n) is 11.4. The number of hydrogen-bond donors (Lipinski definition) is 1. The van der Waals surface area contributed by atoms with E-state index in [1.165, 1.54) is 17.0 Å². The van der Waals surface area contributed by atoms with E-state index in [1.54, 1.807) is 36.4 Å². The predicted molar refractivity (Wildman–Crippen MR) is 190 cm³/mol. The topological polar surface area (TPSA) is 96.0 Å². The zero-order chi connectivity index (χ0) is 34.0. The van der Waals surface area contributed by atoms with E-state index in [9.17, 15) is 18.0 Å². The molecule has 0 aliphatic carbocycles. The average molecular weight is 721 g/mol. The molecule has 0 aliphatic heterocycles. The van der Waals surface area contributed by atoms with Gasteiger partial charge in [-0.3, -0.25) is 13.9 Å². The molecule has 0 heterocycles. The van der Waals surface area contributed by atoms with E-state index in [0.29, 0.717) is 24.5 Å². The van der Waals surface area contributed by atoms with Gasteiger partial charge in [0.25, 0.3) is 10.0 Å². The first-order chi connectivity index (χ1) is 22.5. The Balaban J connectivity index is 1.81. The van der Waals surface area contributed by atoms with E-state index >= 15 is 0 Å². The van der Waals surface area contributed by atoms with Crippen LogP contribution in [-0.4, -0.2) is 50.4 Å². The van der Waals surface area contributed by atoms with Gasteiger partial charge in [0.2, 0.25) is 11.8 Å². The Bertz CT molecular complexity index is 1730. The standard InChI is InChI=1S/C37H42BrN3O5S/c1-5-28(4)39-37(43)35(24-29-13-8-7-9-14-29)40(25-30-15-11-10-12-27(30)3)36(42)26-41(32-18-20-33(21-19-32)46-6-2)47(44,45)34-22-16-31(38)17-23-34/h7-23,28,35H,5-6,24-26H2,1-4H3,(H,39,43)/t28-,35-/m1/s1. The maximum Gasteiger partial charge on any atom is 0.264 e. The molecule has 2 atom stereocenters. The molecule has 0 unspecified atom stereocenters. The summed E-state index contributed by atoms with van der Waals surface area (Å²) in [7, 11) is -4.21. The van der Waals surface area contributed by atoms with Gasteiger partial charge in [0, 0.05) is 23.5 Å². The fraction of sp³-hybridized carbons (Fsp3) is 0.297. The molecule has 0 bridgehead atoms. The molecule has 0 spiro atoms. The maximum absolute atomic E-state index is 14.6. The maximum atomic E-state index is 14.6. The number of carbonyl (C=O) groups excluding carboxylic acids is 2. The molecule has 0 saturated carbocycles. The van der Waals surface area contributed by atoms with Crippen molar-refractivity contribution in [3.8, 4) is 5.75 Å². The number of hydrogen-bond acceptors (Lipinski definition) is 5. The Morgan fingerprint density at radius 2 is 1.51 bits per heavy atom. The van der Waals surface area contributed by atoms with Crippen molar-refractivity contribution in [3.63, 3.8) is 0 Å². The third-order valence-electron chi connectivity index (χ3n) is 7.99. The first kappa shape index (κ1) is 35.7. The minimum Gasteiger partial charge on any atom is -0.494 e. The van der Waals surface area contributed by atoms with E-state index < -0.39 is 28.5 Å². The number of carbonyl (C=O) groups is 2. The second-order valence-corrected chi connectivity index (χ2v) is 14.1. The number of benzene rings is 4. The number of sulfonamides is 1. The van der Waals surface area contributed by atoms with Crippen molar-refractivity contribution in [2.24, 2.45) is 0 Å². The number of halogens is 1. The van der Waals surface area contributed by atoms with Crippen LogP contribution in [0.1, 0.15) is 43.9 Å². The van der Waals surface area contributed by atoms with Gasteiger partial charge in [-0.2, -0.15) is 0 Å². The van der Waals surface area contributed by atoms with Gasteiger partial charge in [0.15, 0.2) is 0 Å². The summed E-state index contributed by atoms with van der Waals surface area (Å²) in [4.78, 5) is 30.2. The van der Waals surface area contributed by atoms with Crippen molar-refractivity contribution in [2.75, 3.05) is 17.5 Å². The van der Waals surface area contributed by atoms with Crippen LogP contribution in [0, 0.1) is 6.92 Å². The third-order valence-corrected chi connectivity index (χ3v) is 10.3. The number of anilines is 1. The summed E-state index contributed by atoms with van der Waals surface area (Å²) in [6.07, 6.45) is 0.968. The van der Waals surface area contributed by atoms with Gasteiger partial charge in [-0.15, -0.1) is 0 Å². The summed E-state index contributed by atoms with van der Waals surface area (Å²) >= 11 is 3.37. The summed E-state index contributed by atoms with van der Waals surface area (Å²) in [5, 5.41) is 3.07. The number of aryl methyl sites for hydroxylation is 1. The summed E-state index contributed by atoms with van der Waals surface area (Å²) in [6, 6.07) is 29.1. The molecule has 0 radical (unpaired) electrons. The number of ether oxygens (including phenoxy) is 1. The van der Waals surface area contributed by atoms with Gasteiger partial charge < -0.3 is 15.0 Å². The van der Waals surface area contributed by atoms with Crippen LogP contribution in [-0.2, 0) is 32.6 Å². The largest absolute Gasteiger partial charge is 0.494 e. The SMILES string of the molecule is CCOc1ccc(N(CC(=O)N(Cc2ccccc2C)[C@H](Cc2ccccc2)C(=O)N[C@H](C)CC)S(=O)(=O)c2ccc(Br)cc2)cc1. The number of nitrogens with zero attached hydrogens (tertiary/aromatic N) is 2. The van der Waals surface area contributed by atoms with Crippen molar-refractivity contribution >= 4 is 43.5 Å². The van der Waals surface area contributed by atoms with Gasteiger partial charge in [-0.05, 0) is 92.4 Å². The number of nitrogens with one attached hydrogen (secondary N) is 1. The quantitative estimate of drug-likeness (QED) is 0.144. The minimum absolute atomic E-state index is 0.0307. The lowest BCUT2D eigenvalue weighted by Gasteiger charge is -2.34. The number of amides is 2. The van der Waals surface area contributed by atoms with Crippen molar-refractivity contribution < 1.29 is 22.7 Å². The first-order valence-corrected chi connectivity index (χ1v) is 18.0. The first-order valence-electron chi connectivity index (χ1n) is 15.7. The summed E-state index contributed by atoms with van der Waals surface area (Å²) in [5.41, 5.74) is 2.99. The fourth-order valence-corrected chi connectivity index (χ4v) is 6.78. The highest BCUT2D eigenvalue weighted by molar-refractivity contribution is 9.10. The zero-order valence-corrected chi connectivity index (χ0v) is 29.6. The Morgan fingerprint density at radius 3 is 2.13 bits per heavy atom. The highest BCUT2D eigenvalue weighted by atomic mass is 79.9. The molecule has 0 fully saturated rings. The molecule has 4 aromatic rings. The Kier molecular flexibility index (Phi) is 12.6. The fourth-order valence-electron chi connectivity index (χ4n) is 5.10. The van der Waals surface area contributed by atoms with Crippen molar-refractivity contribution in [3.05, 3.63) is 124 Å². The molecule has 8 nitrogen and oxygen atoms in total. The molecular formula is C37H42BrN3O5S. The molecule has 0 aromatic heterocycles. The van der Waals surface area contributed by atoms with Crippen molar-refractivity contribution in [2.45, 2.75) is 64.1 Å². The lowest BCUT2D eigenvalue weighted by molar-refractivity contribution is -0.140. The van der Waals surface area contributed by atoms with E-state index in [1.807, 2.05) is 82.3 Å². The smallest absolute Gasteiger partial charge is 0.264 e. The van der Waals surface area contributed by atoms with E-state index in [4.69, 9.17) is 4.74 Å². The molecule has 47 heavy (non-hydrogen) atoms. The highest BCUT2D eigenvalue weighted by Gasteiger charge is 2.35. The van der Waals surface area contributed by atoms with Crippen LogP contribution >= 0.6 is 15.9 Å². The molecule has 10 heteroatoms. The number of rotatable bonds is 15. The Morgan fingerprint density at radius 1 is 0.872 bits per heavy atom.